The highest BCUT2D eigenvalue weighted by molar-refractivity contribution is 5.90. The third-order valence-electron chi connectivity index (χ3n) is 8.83. The van der Waals surface area contributed by atoms with Crippen LogP contribution in [0.2, 0.25) is 0 Å². The van der Waals surface area contributed by atoms with E-state index >= 15 is 0 Å². The van der Waals surface area contributed by atoms with Crippen molar-refractivity contribution in [3.8, 4) is 0 Å². The predicted octanol–water partition coefficient (Wildman–Crippen LogP) is 6.09. The minimum Gasteiger partial charge on any atom is -1.00 e. The quantitative estimate of drug-likeness (QED) is 0.0653. The van der Waals surface area contributed by atoms with Gasteiger partial charge in [-0.25, -0.2) is 14.3 Å². The largest absolute Gasteiger partial charge is 1.00 e. The van der Waals surface area contributed by atoms with E-state index in [1.165, 1.54) is 108 Å². The van der Waals surface area contributed by atoms with Gasteiger partial charge >= 0.3 is 6.09 Å². The fraction of sp³-hybridized carbons (Fsp3) is 0.811. The summed E-state index contributed by atoms with van der Waals surface area (Å²) in [4.78, 5) is 25.8. The van der Waals surface area contributed by atoms with Gasteiger partial charge in [-0.2, -0.15) is 0 Å². The molecule has 0 N–H and O–H groups in total. The van der Waals surface area contributed by atoms with Gasteiger partial charge in [0, 0.05) is 25.7 Å². The van der Waals surface area contributed by atoms with Crippen molar-refractivity contribution in [3.05, 3.63) is 30.1 Å². The van der Waals surface area contributed by atoms with E-state index in [-0.39, 0.29) is 42.5 Å². The van der Waals surface area contributed by atoms with E-state index in [1.807, 2.05) is 35.9 Å². The third kappa shape index (κ3) is 19.9. The Kier molecular flexibility index (Phi) is 25.8. The average molecular weight is 745 g/mol. The number of imide groups is 1. The lowest BCUT2D eigenvalue weighted by Gasteiger charge is -2.17. The number of pyridine rings is 1. The predicted molar refractivity (Wildman–Crippen MR) is 177 cm³/mol. The fourth-order valence-corrected chi connectivity index (χ4v) is 6.05. The molecule has 45 heavy (non-hydrogen) atoms. The maximum Gasteiger partial charge on any atom is 0.417 e. The first-order valence-corrected chi connectivity index (χ1v) is 18.2. The smallest absolute Gasteiger partial charge is 0.417 e. The first-order chi connectivity index (χ1) is 21.5. The van der Waals surface area contributed by atoms with Gasteiger partial charge in [0.1, 0.15) is 13.1 Å². The molecule has 1 fully saturated rings. The fourth-order valence-electron chi connectivity index (χ4n) is 6.05. The van der Waals surface area contributed by atoms with Gasteiger partial charge in [0.25, 0.3) is 0 Å². The molecule has 7 nitrogen and oxygen atoms in total. The van der Waals surface area contributed by atoms with E-state index in [0.29, 0.717) is 19.3 Å². The zero-order valence-corrected chi connectivity index (χ0v) is 31.1. The minimum atomic E-state index is -0.573. The molecule has 0 unspecified atom stereocenters. The Hall–Kier alpha value is -1.26. The van der Waals surface area contributed by atoms with E-state index in [4.69, 9.17) is 14.2 Å². The molecule has 260 valence electrons. The molecule has 2 amide bonds. The van der Waals surface area contributed by atoms with Crippen molar-refractivity contribution in [2.75, 3.05) is 19.8 Å². The van der Waals surface area contributed by atoms with Crippen LogP contribution in [-0.4, -0.2) is 48.9 Å². The zero-order valence-electron chi connectivity index (χ0n) is 29.0. The number of hydrogen-bond donors (Lipinski definition) is 0. The molecule has 0 saturated carbocycles. The third-order valence-corrected chi connectivity index (χ3v) is 8.83. The minimum absolute atomic E-state index is 0. The number of carbonyl (C=O) groups excluding carboxylic acids is 2. The van der Waals surface area contributed by atoms with Crippen molar-refractivity contribution < 1.29 is 52.3 Å². The van der Waals surface area contributed by atoms with Crippen molar-refractivity contribution in [1.29, 1.82) is 0 Å². The SMILES string of the molecule is CCCCCCCCCCCCCCC[C@H]1CC[C@@H](COCCCCCCOC(=O)N(Cc2cccc[n+]2CC)C(C)=O)O1.[I-]. The van der Waals surface area contributed by atoms with Crippen LogP contribution >= 0.6 is 0 Å². The van der Waals surface area contributed by atoms with Gasteiger partial charge in [0.05, 0.1) is 25.4 Å². The van der Waals surface area contributed by atoms with Crippen LogP contribution in [0.4, 0.5) is 4.79 Å². The molecule has 0 radical (unpaired) electrons. The second-order valence-corrected chi connectivity index (χ2v) is 12.7. The molecule has 1 aromatic rings. The van der Waals surface area contributed by atoms with Gasteiger partial charge in [-0.05, 0) is 45.4 Å². The van der Waals surface area contributed by atoms with E-state index in [1.54, 1.807) is 0 Å². The molecule has 2 atom stereocenters. The topological polar surface area (TPSA) is 69.0 Å². The summed E-state index contributed by atoms with van der Waals surface area (Å²) in [5.74, 6) is -0.309. The zero-order chi connectivity index (χ0) is 31.7. The number of amides is 2. The lowest BCUT2D eigenvalue weighted by Crippen LogP contribution is -3.00. The molecule has 1 aromatic heterocycles. The Bertz CT molecular complexity index is 886. The number of nitrogens with zero attached hydrogens (tertiary/aromatic N) is 2. The molecular weight excluding hydrogens is 679 g/mol. The van der Waals surface area contributed by atoms with E-state index in [2.05, 4.69) is 6.92 Å². The molecule has 0 bridgehead atoms. The normalized spacial score (nSPS) is 16.0. The second-order valence-electron chi connectivity index (χ2n) is 12.7. The maximum atomic E-state index is 12.5. The lowest BCUT2D eigenvalue weighted by molar-refractivity contribution is -0.701. The number of carbonyl (C=O) groups is 2. The number of unbranched alkanes of at least 4 members (excludes halogenated alkanes) is 15. The molecular formula is C37H65IN2O5. The van der Waals surface area contributed by atoms with Crippen LogP contribution in [0.15, 0.2) is 24.4 Å². The molecule has 1 aliphatic rings. The van der Waals surface area contributed by atoms with Crippen LogP contribution < -0.4 is 28.5 Å². The molecule has 0 aliphatic carbocycles. The monoisotopic (exact) mass is 744 g/mol. The average Bonchev–Trinajstić information content (AvgIpc) is 3.48. The van der Waals surface area contributed by atoms with E-state index in [0.717, 1.165) is 50.9 Å². The van der Waals surface area contributed by atoms with Crippen LogP contribution in [0, 0.1) is 0 Å². The highest BCUT2D eigenvalue weighted by Gasteiger charge is 2.25. The van der Waals surface area contributed by atoms with Gasteiger partial charge in [-0.3, -0.25) is 4.79 Å². The summed E-state index contributed by atoms with van der Waals surface area (Å²) in [5, 5.41) is 0. The Balaban J connectivity index is 0.0000101. The van der Waals surface area contributed by atoms with Crippen molar-refractivity contribution >= 4 is 12.0 Å². The van der Waals surface area contributed by atoms with Crippen LogP contribution in [0.25, 0.3) is 0 Å². The maximum absolute atomic E-state index is 12.5. The van der Waals surface area contributed by atoms with Crippen LogP contribution in [0.3, 0.4) is 0 Å². The molecule has 8 heteroatoms. The van der Waals surface area contributed by atoms with Crippen LogP contribution in [-0.2, 0) is 32.1 Å². The Morgan fingerprint density at radius 3 is 2.00 bits per heavy atom. The van der Waals surface area contributed by atoms with Gasteiger partial charge in [-0.15, -0.1) is 0 Å². The number of aromatic nitrogens is 1. The van der Waals surface area contributed by atoms with Gasteiger partial charge in [-0.1, -0.05) is 103 Å². The summed E-state index contributed by atoms with van der Waals surface area (Å²) >= 11 is 0. The van der Waals surface area contributed by atoms with E-state index < -0.39 is 6.09 Å². The summed E-state index contributed by atoms with van der Waals surface area (Å²) in [7, 11) is 0. The van der Waals surface area contributed by atoms with Gasteiger partial charge in [0.2, 0.25) is 11.6 Å². The Morgan fingerprint density at radius 2 is 1.38 bits per heavy atom. The van der Waals surface area contributed by atoms with Crippen molar-refractivity contribution in [1.82, 2.24) is 4.90 Å². The first-order valence-electron chi connectivity index (χ1n) is 18.2. The molecule has 2 heterocycles. The van der Waals surface area contributed by atoms with Crippen LogP contribution in [0.1, 0.15) is 155 Å². The summed E-state index contributed by atoms with van der Waals surface area (Å²) in [6, 6.07) is 5.77. The van der Waals surface area contributed by atoms with Crippen molar-refractivity contribution in [2.45, 2.75) is 174 Å². The highest BCUT2D eigenvalue weighted by atomic mass is 127. The van der Waals surface area contributed by atoms with Crippen LogP contribution in [0.5, 0.6) is 0 Å². The Labute approximate surface area is 292 Å². The first kappa shape index (κ1) is 41.8. The highest BCUT2D eigenvalue weighted by Crippen LogP contribution is 2.24. The summed E-state index contributed by atoms with van der Waals surface area (Å²) in [6.45, 7) is 8.47. The molecule has 1 saturated heterocycles. The number of aryl methyl sites for hydroxylation is 1. The molecule has 0 aromatic carbocycles. The number of hydrogen-bond acceptors (Lipinski definition) is 5. The summed E-state index contributed by atoms with van der Waals surface area (Å²) in [5.41, 5.74) is 0.899. The molecule has 0 spiro atoms. The van der Waals surface area contributed by atoms with Crippen molar-refractivity contribution in [2.24, 2.45) is 0 Å². The standard InChI is InChI=1S/C37H65N2O5.HI/c1-4-6-7-8-9-10-11-12-13-14-15-16-19-25-35-26-27-36(44-35)32-42-29-22-17-18-23-30-43-37(41)39(33(3)40)31-34-24-20-21-28-38(34)5-2;/h20-21,24,28,35-36H,4-19,22-23,25-27,29-32H2,1-3H3;1H/q+1;/p-1/t35-,36-;/m0./s1. The Morgan fingerprint density at radius 1 is 0.800 bits per heavy atom. The number of halogens is 1. The molecule has 2 rings (SSSR count). The number of rotatable bonds is 26. The number of ether oxygens (including phenoxy) is 3. The molecule has 1 aliphatic heterocycles. The van der Waals surface area contributed by atoms with Gasteiger partial charge in [0.15, 0.2) is 6.20 Å². The van der Waals surface area contributed by atoms with E-state index in [9.17, 15) is 9.59 Å². The lowest BCUT2D eigenvalue weighted by atomic mass is 10.0. The van der Waals surface area contributed by atoms with Crippen molar-refractivity contribution in [3.63, 3.8) is 0 Å². The second kappa shape index (κ2) is 27.8. The van der Waals surface area contributed by atoms with Gasteiger partial charge < -0.3 is 38.2 Å². The summed E-state index contributed by atoms with van der Waals surface area (Å²) < 4.78 is 19.6. The summed E-state index contributed by atoms with van der Waals surface area (Å²) in [6.07, 6.45) is 27.5.